The number of aliphatic hydroxyl groups is 4. The van der Waals surface area contributed by atoms with Crippen LogP contribution in [0, 0.1) is 0 Å². The van der Waals surface area contributed by atoms with Crippen molar-refractivity contribution in [3.05, 3.63) is 29.8 Å². The third kappa shape index (κ3) is 3.54. The molecule has 0 aromatic heterocycles. The van der Waals surface area contributed by atoms with Gasteiger partial charge in [-0.25, -0.2) is 0 Å². The summed E-state index contributed by atoms with van der Waals surface area (Å²) in [7, 11) is 0. The minimum atomic E-state index is -1.62. The molecule has 1 aromatic rings. The average Bonchev–Trinajstić information content (AvgIpc) is 2.50. The Morgan fingerprint density at radius 2 is 1.77 bits per heavy atom. The highest BCUT2D eigenvalue weighted by atomic mass is 16.8. The minimum absolute atomic E-state index is 0.235. The van der Waals surface area contributed by atoms with Crippen LogP contribution in [-0.4, -0.2) is 57.3 Å². The van der Waals surface area contributed by atoms with E-state index in [0.717, 1.165) is 6.92 Å². The third-order valence-corrected chi connectivity index (χ3v) is 3.19. The second-order valence-corrected chi connectivity index (χ2v) is 4.84. The van der Waals surface area contributed by atoms with Gasteiger partial charge in [-0.05, 0) is 6.07 Å². The minimum Gasteiger partial charge on any atom is -0.461 e. The van der Waals surface area contributed by atoms with Crippen molar-refractivity contribution in [1.29, 1.82) is 0 Å². The van der Waals surface area contributed by atoms with Crippen LogP contribution < -0.4 is 4.74 Å². The lowest BCUT2D eigenvalue weighted by molar-refractivity contribution is -0.324. The predicted octanol–water partition coefficient (Wildman–Crippen LogP) is -1.11. The van der Waals surface area contributed by atoms with Gasteiger partial charge in [-0.3, -0.25) is 9.53 Å². The Morgan fingerprint density at radius 3 is 2.41 bits per heavy atom. The first-order valence-electron chi connectivity index (χ1n) is 6.66. The summed E-state index contributed by atoms with van der Waals surface area (Å²) in [5.74, 6) is -0.485. The molecule has 1 aliphatic heterocycles. The Kier molecular flexibility index (Phi) is 5.33. The molecular formula is C14H18O8. The lowest BCUT2D eigenvalue weighted by atomic mass is 10.0. The smallest absolute Gasteiger partial charge is 0.305 e. The molecule has 0 aliphatic carbocycles. The Balaban J connectivity index is 2.16. The topological polar surface area (TPSA) is 126 Å². The standard InChI is InChI=1S/C14H18O8/c1-7(16)20-13-11(18)10(17)12(19)14(22-13)21-9-5-3-2-4-8(9)6-15/h2-5,10-15,17-19H,6H2,1H3/t10-,11-,12+,13-,14+/m0/s1. The van der Waals surface area contributed by atoms with Gasteiger partial charge in [0.05, 0.1) is 6.61 Å². The summed E-state index contributed by atoms with van der Waals surface area (Å²) in [4.78, 5) is 11.0. The highest BCUT2D eigenvalue weighted by Crippen LogP contribution is 2.27. The number of ether oxygens (including phenoxy) is 3. The maximum Gasteiger partial charge on any atom is 0.305 e. The Bertz CT molecular complexity index is 519. The molecule has 0 amide bonds. The molecule has 0 spiro atoms. The summed E-state index contributed by atoms with van der Waals surface area (Å²) in [6.45, 7) is 0.821. The van der Waals surface area contributed by atoms with Crippen LogP contribution >= 0.6 is 0 Å². The Hall–Kier alpha value is -1.71. The Morgan fingerprint density at radius 1 is 1.14 bits per heavy atom. The van der Waals surface area contributed by atoms with Crippen molar-refractivity contribution in [2.75, 3.05) is 0 Å². The monoisotopic (exact) mass is 314 g/mol. The normalized spacial score (nSPS) is 31.6. The highest BCUT2D eigenvalue weighted by Gasteiger charge is 2.46. The fourth-order valence-electron chi connectivity index (χ4n) is 2.05. The summed E-state index contributed by atoms with van der Waals surface area (Å²) in [6, 6.07) is 6.49. The van der Waals surface area contributed by atoms with E-state index in [1.165, 1.54) is 0 Å². The number of benzene rings is 1. The molecule has 22 heavy (non-hydrogen) atoms. The summed E-state index contributed by atoms with van der Waals surface area (Å²) in [6.07, 6.45) is -7.64. The summed E-state index contributed by atoms with van der Waals surface area (Å²) >= 11 is 0. The van der Waals surface area contributed by atoms with Gasteiger partial charge in [0, 0.05) is 12.5 Å². The van der Waals surface area contributed by atoms with Crippen molar-refractivity contribution in [2.24, 2.45) is 0 Å². The highest BCUT2D eigenvalue weighted by molar-refractivity contribution is 5.66. The lowest BCUT2D eigenvalue weighted by Crippen LogP contribution is -2.60. The van der Waals surface area contributed by atoms with E-state index in [0.29, 0.717) is 5.56 Å². The van der Waals surface area contributed by atoms with E-state index in [-0.39, 0.29) is 12.4 Å². The van der Waals surface area contributed by atoms with Gasteiger partial charge in [-0.1, -0.05) is 18.2 Å². The van der Waals surface area contributed by atoms with E-state index in [9.17, 15) is 25.2 Å². The maximum atomic E-state index is 11.0. The largest absolute Gasteiger partial charge is 0.461 e. The molecule has 1 aliphatic rings. The molecule has 0 bridgehead atoms. The van der Waals surface area contributed by atoms with Gasteiger partial charge in [-0.15, -0.1) is 0 Å². The number of carbonyl (C=O) groups excluding carboxylic acids is 1. The van der Waals surface area contributed by atoms with E-state index < -0.39 is 36.9 Å². The van der Waals surface area contributed by atoms with Crippen molar-refractivity contribution in [1.82, 2.24) is 0 Å². The second-order valence-electron chi connectivity index (χ2n) is 4.84. The number of carbonyl (C=O) groups is 1. The second kappa shape index (κ2) is 7.03. The van der Waals surface area contributed by atoms with Crippen LogP contribution in [0.5, 0.6) is 5.75 Å². The van der Waals surface area contributed by atoms with E-state index in [1.54, 1.807) is 24.3 Å². The van der Waals surface area contributed by atoms with Crippen molar-refractivity contribution < 1.29 is 39.4 Å². The van der Waals surface area contributed by atoms with Crippen molar-refractivity contribution >= 4 is 5.97 Å². The van der Waals surface area contributed by atoms with Gasteiger partial charge in [0.15, 0.2) is 0 Å². The number of esters is 1. The molecule has 4 N–H and O–H groups in total. The average molecular weight is 314 g/mol. The van der Waals surface area contributed by atoms with Crippen LogP contribution in [0.15, 0.2) is 24.3 Å². The van der Waals surface area contributed by atoms with Crippen LogP contribution in [0.2, 0.25) is 0 Å². The quantitative estimate of drug-likeness (QED) is 0.515. The van der Waals surface area contributed by atoms with E-state index in [4.69, 9.17) is 14.2 Å². The van der Waals surface area contributed by atoms with E-state index in [2.05, 4.69) is 0 Å². The number of rotatable bonds is 4. The first-order valence-corrected chi connectivity index (χ1v) is 6.66. The fraction of sp³-hybridized carbons (Fsp3) is 0.500. The lowest BCUT2D eigenvalue weighted by Gasteiger charge is -2.39. The SMILES string of the molecule is CC(=O)O[C@H]1O[C@@H](Oc2ccccc2CO)[C@H](O)[C@@H](O)[C@@H]1O. The molecule has 0 unspecified atom stereocenters. The maximum absolute atomic E-state index is 11.0. The summed E-state index contributed by atoms with van der Waals surface area (Å²) < 4.78 is 15.3. The zero-order valence-electron chi connectivity index (χ0n) is 11.8. The van der Waals surface area contributed by atoms with Crippen molar-refractivity contribution in [3.63, 3.8) is 0 Å². The molecular weight excluding hydrogens is 296 g/mol. The van der Waals surface area contributed by atoms with Crippen LogP contribution in [0.3, 0.4) is 0 Å². The molecule has 0 saturated carbocycles. The van der Waals surface area contributed by atoms with Crippen LogP contribution in [-0.2, 0) is 20.9 Å². The van der Waals surface area contributed by atoms with Gasteiger partial charge in [0.2, 0.25) is 12.6 Å². The number of hydrogen-bond donors (Lipinski definition) is 4. The van der Waals surface area contributed by atoms with Crippen molar-refractivity contribution in [3.8, 4) is 5.75 Å². The third-order valence-electron chi connectivity index (χ3n) is 3.19. The molecule has 8 nitrogen and oxygen atoms in total. The number of hydrogen-bond acceptors (Lipinski definition) is 8. The van der Waals surface area contributed by atoms with E-state index >= 15 is 0 Å². The van der Waals surface area contributed by atoms with Gasteiger partial charge in [0.1, 0.15) is 24.1 Å². The zero-order chi connectivity index (χ0) is 16.3. The zero-order valence-corrected chi connectivity index (χ0v) is 11.8. The first kappa shape index (κ1) is 16.7. The fourth-order valence-corrected chi connectivity index (χ4v) is 2.05. The molecule has 1 aromatic carbocycles. The molecule has 122 valence electrons. The summed E-state index contributed by atoms with van der Waals surface area (Å²) in [5, 5.41) is 38.7. The number of aliphatic hydroxyl groups excluding tert-OH is 4. The van der Waals surface area contributed by atoms with Gasteiger partial charge in [0.25, 0.3) is 0 Å². The van der Waals surface area contributed by atoms with Crippen molar-refractivity contribution in [2.45, 2.75) is 44.4 Å². The van der Waals surface area contributed by atoms with Gasteiger partial charge < -0.3 is 29.9 Å². The molecule has 2 rings (SSSR count). The molecule has 1 saturated heterocycles. The number of para-hydroxylation sites is 1. The van der Waals surface area contributed by atoms with E-state index in [1.807, 2.05) is 0 Å². The predicted molar refractivity (Wildman–Crippen MR) is 71.4 cm³/mol. The molecule has 1 fully saturated rings. The van der Waals surface area contributed by atoms with Crippen LogP contribution in [0.4, 0.5) is 0 Å². The summed E-state index contributed by atoms with van der Waals surface area (Å²) in [5.41, 5.74) is 0.447. The Labute approximate surface area is 126 Å². The van der Waals surface area contributed by atoms with Crippen LogP contribution in [0.25, 0.3) is 0 Å². The first-order chi connectivity index (χ1) is 10.4. The molecule has 0 radical (unpaired) electrons. The molecule has 1 heterocycles. The van der Waals surface area contributed by atoms with Gasteiger partial charge in [-0.2, -0.15) is 0 Å². The molecule has 5 atom stereocenters. The van der Waals surface area contributed by atoms with Crippen LogP contribution in [0.1, 0.15) is 12.5 Å². The molecule has 8 heteroatoms. The van der Waals surface area contributed by atoms with Gasteiger partial charge >= 0.3 is 5.97 Å².